The fraction of sp³-hybridized carbons (Fsp3) is 0.308. The zero-order valence-corrected chi connectivity index (χ0v) is 22.0. The average Bonchev–Trinajstić information content (AvgIpc) is 3.23. The number of ether oxygens (including phenoxy) is 1. The molecule has 2 bridgehead atoms. The Hall–Kier alpha value is -3.08. The SMILES string of the molecule is COc1c(F)cccc1Nc1c2[nH]c3c1C(=O)NC[C@@H]3[I-]C/C(C)=C(/C)CCNc1cnccc1-2. The van der Waals surface area contributed by atoms with Gasteiger partial charge in [0.2, 0.25) is 0 Å². The number of alkyl halides is 2. The summed E-state index contributed by atoms with van der Waals surface area (Å²) < 4.78 is 21.1. The number of benzene rings is 1. The van der Waals surface area contributed by atoms with Crippen LogP contribution in [0.3, 0.4) is 0 Å². The predicted molar refractivity (Wildman–Crippen MR) is 132 cm³/mol. The Bertz CT molecular complexity index is 1320. The summed E-state index contributed by atoms with van der Waals surface area (Å²) in [6.45, 7) is 5.83. The van der Waals surface area contributed by atoms with Crippen LogP contribution in [0.2, 0.25) is 0 Å². The summed E-state index contributed by atoms with van der Waals surface area (Å²) in [4.78, 5) is 21.2. The quantitative estimate of drug-likeness (QED) is 0.214. The van der Waals surface area contributed by atoms with E-state index >= 15 is 0 Å². The van der Waals surface area contributed by atoms with E-state index in [-0.39, 0.29) is 36.8 Å². The molecule has 0 saturated heterocycles. The summed E-state index contributed by atoms with van der Waals surface area (Å²) in [7, 11) is 1.44. The number of carbonyl (C=O) groups excluding carboxylic acids is 1. The molecule has 2 aliphatic rings. The molecule has 3 aromatic rings. The standard InChI is InChI=1S/C26H28FIN5O2/c1-14-7-10-30-20-13-29-9-8-16(20)22-24(32-19-6-4-5-17(27)25(19)35-3)21-23(33-22)18(12-31-26(21)34)28-11-15(14)2/h4-6,8-9,13,18,30,32-33H,7,10-12H2,1-3H3,(H,31,34)/q-1/b15-14-/t18-/m0/s1. The van der Waals surface area contributed by atoms with Gasteiger partial charge in [-0.05, 0) is 0 Å². The van der Waals surface area contributed by atoms with Gasteiger partial charge in [0, 0.05) is 0 Å². The first-order chi connectivity index (χ1) is 17.0. The van der Waals surface area contributed by atoms with Crippen molar-refractivity contribution in [2.75, 3.05) is 35.3 Å². The van der Waals surface area contributed by atoms with Gasteiger partial charge in [0.1, 0.15) is 0 Å². The Labute approximate surface area is 214 Å². The average molecular weight is 588 g/mol. The van der Waals surface area contributed by atoms with Crippen molar-refractivity contribution in [3.63, 3.8) is 0 Å². The molecule has 0 fully saturated rings. The molecule has 9 heteroatoms. The summed E-state index contributed by atoms with van der Waals surface area (Å²) in [5.74, 6) is -0.505. The molecular weight excluding hydrogens is 560 g/mol. The van der Waals surface area contributed by atoms with Crippen LogP contribution < -0.4 is 41.9 Å². The van der Waals surface area contributed by atoms with Gasteiger partial charge in [0.15, 0.2) is 0 Å². The Balaban J connectivity index is 1.72. The number of fused-ring (bicyclic) bond motifs is 3. The van der Waals surface area contributed by atoms with Crippen LogP contribution in [-0.4, -0.2) is 40.5 Å². The maximum atomic E-state index is 14.5. The maximum absolute atomic E-state index is 14.5. The summed E-state index contributed by atoms with van der Waals surface area (Å²) in [5, 5.41) is 9.97. The van der Waals surface area contributed by atoms with Gasteiger partial charge in [-0.1, -0.05) is 0 Å². The molecule has 2 aromatic heterocycles. The molecule has 0 radical (unpaired) electrons. The third kappa shape index (κ3) is 4.49. The molecule has 7 nitrogen and oxygen atoms in total. The number of nitrogens with one attached hydrogen (secondary N) is 4. The Morgan fingerprint density at radius 2 is 2.06 bits per heavy atom. The van der Waals surface area contributed by atoms with Gasteiger partial charge < -0.3 is 0 Å². The second-order valence-electron chi connectivity index (χ2n) is 8.73. The first-order valence-corrected chi connectivity index (χ1v) is 14.3. The van der Waals surface area contributed by atoms with Crippen LogP contribution in [0.15, 0.2) is 47.8 Å². The Morgan fingerprint density at radius 1 is 1.20 bits per heavy atom. The molecule has 0 spiro atoms. The van der Waals surface area contributed by atoms with Crippen LogP contribution >= 0.6 is 0 Å². The van der Waals surface area contributed by atoms with Crippen molar-refractivity contribution in [1.29, 1.82) is 0 Å². The van der Waals surface area contributed by atoms with Crippen LogP contribution in [0.5, 0.6) is 5.75 Å². The number of rotatable bonds is 3. The van der Waals surface area contributed by atoms with Gasteiger partial charge in [0.25, 0.3) is 0 Å². The molecule has 35 heavy (non-hydrogen) atoms. The van der Waals surface area contributed by atoms with Crippen molar-refractivity contribution < 1.29 is 35.1 Å². The number of amides is 1. The summed E-state index contributed by atoms with van der Waals surface area (Å²) >= 11 is -0.267. The molecule has 1 aromatic carbocycles. The van der Waals surface area contributed by atoms with Gasteiger partial charge in [-0.25, -0.2) is 0 Å². The molecule has 2 aliphatic heterocycles. The zero-order valence-electron chi connectivity index (χ0n) is 19.9. The number of aromatic nitrogens is 2. The Kier molecular flexibility index (Phi) is 6.68. The van der Waals surface area contributed by atoms with E-state index in [2.05, 4.69) is 39.8 Å². The number of hydrogen-bond donors (Lipinski definition) is 4. The molecular formula is C26H28FIN5O2-. The fourth-order valence-electron chi connectivity index (χ4n) is 4.45. The second kappa shape index (κ2) is 9.88. The molecule has 1 amide bonds. The third-order valence-corrected chi connectivity index (χ3v) is 10.3. The van der Waals surface area contributed by atoms with Crippen molar-refractivity contribution in [3.8, 4) is 17.0 Å². The number of anilines is 3. The predicted octanol–water partition coefficient (Wildman–Crippen LogP) is 1.99. The van der Waals surface area contributed by atoms with E-state index in [1.165, 1.54) is 24.3 Å². The topological polar surface area (TPSA) is 91.1 Å². The van der Waals surface area contributed by atoms with Crippen molar-refractivity contribution >= 4 is 23.0 Å². The minimum atomic E-state index is -0.470. The third-order valence-electron chi connectivity index (χ3n) is 6.54. The van der Waals surface area contributed by atoms with Crippen LogP contribution in [0.1, 0.15) is 40.2 Å². The van der Waals surface area contributed by atoms with Gasteiger partial charge in [-0.15, -0.1) is 0 Å². The van der Waals surface area contributed by atoms with Crippen LogP contribution in [0.25, 0.3) is 11.3 Å². The van der Waals surface area contributed by atoms with Crippen LogP contribution in [-0.2, 0) is 0 Å². The number of carbonyl (C=O) groups is 1. The van der Waals surface area contributed by atoms with Gasteiger partial charge >= 0.3 is 215 Å². The molecule has 1 atom stereocenters. The van der Waals surface area contributed by atoms with Gasteiger partial charge in [-0.2, -0.15) is 0 Å². The van der Waals surface area contributed by atoms with Crippen molar-refractivity contribution in [2.24, 2.45) is 0 Å². The summed E-state index contributed by atoms with van der Waals surface area (Å²) in [6, 6.07) is 6.66. The summed E-state index contributed by atoms with van der Waals surface area (Å²) in [6.07, 6.45) is 4.50. The van der Waals surface area contributed by atoms with Crippen molar-refractivity contribution in [2.45, 2.75) is 24.2 Å². The van der Waals surface area contributed by atoms with Crippen molar-refractivity contribution in [3.05, 3.63) is 64.9 Å². The van der Waals surface area contributed by atoms with Crippen LogP contribution in [0.4, 0.5) is 21.5 Å². The number of aromatic amines is 1. The number of methoxy groups -OCH3 is 1. The first-order valence-electron chi connectivity index (χ1n) is 11.5. The van der Waals surface area contributed by atoms with E-state index in [0.29, 0.717) is 23.5 Å². The second-order valence-corrected chi connectivity index (χ2v) is 11.9. The van der Waals surface area contributed by atoms with E-state index in [4.69, 9.17) is 4.74 Å². The first kappa shape index (κ1) is 23.7. The Morgan fingerprint density at radius 3 is 2.89 bits per heavy atom. The van der Waals surface area contributed by atoms with Crippen LogP contribution in [0, 0.1) is 5.82 Å². The number of pyridine rings is 1. The number of para-hydroxylation sites is 1. The number of allylic oxidation sites excluding steroid dienone is 1. The normalized spacial score (nSPS) is 20.1. The molecule has 0 saturated carbocycles. The molecule has 0 aliphatic carbocycles. The van der Waals surface area contributed by atoms with E-state index in [1.807, 2.05) is 6.07 Å². The van der Waals surface area contributed by atoms with E-state index in [1.54, 1.807) is 24.5 Å². The van der Waals surface area contributed by atoms with E-state index < -0.39 is 5.82 Å². The number of halogens is 2. The van der Waals surface area contributed by atoms with E-state index in [9.17, 15) is 9.18 Å². The van der Waals surface area contributed by atoms with Crippen molar-refractivity contribution in [1.82, 2.24) is 15.3 Å². The monoisotopic (exact) mass is 588 g/mol. The fourth-order valence-corrected chi connectivity index (χ4v) is 7.73. The number of nitrogens with zero attached hydrogens (tertiary/aromatic N) is 1. The van der Waals surface area contributed by atoms with E-state index in [0.717, 1.165) is 40.0 Å². The summed E-state index contributed by atoms with van der Waals surface area (Å²) in [5.41, 5.74) is 7.99. The van der Waals surface area contributed by atoms with Gasteiger partial charge in [0.05, 0.1) is 0 Å². The molecule has 4 heterocycles. The minimum absolute atomic E-state index is 0.104. The van der Waals surface area contributed by atoms with Gasteiger partial charge in [-0.3, -0.25) is 0 Å². The molecule has 4 N–H and O–H groups in total. The zero-order chi connectivity index (χ0) is 24.5. The molecule has 184 valence electrons. The molecule has 0 unspecified atom stereocenters. The number of hydrogen-bond acceptors (Lipinski definition) is 5. The molecule has 5 rings (SSSR count). The number of H-pyrrole nitrogens is 1.